The minimum atomic E-state index is 0.783. The van der Waals surface area contributed by atoms with Crippen molar-refractivity contribution in [2.75, 3.05) is 25.0 Å². The molecular weight excluding hydrogens is 537 g/mol. The third kappa shape index (κ3) is 5.24. The van der Waals surface area contributed by atoms with Crippen molar-refractivity contribution in [3.8, 4) is 0 Å². The summed E-state index contributed by atoms with van der Waals surface area (Å²) in [7, 11) is 2.20. The van der Waals surface area contributed by atoms with Crippen molar-refractivity contribution in [3.05, 3.63) is 91.6 Å². The monoisotopic (exact) mass is 568 g/mol. The molecule has 0 N–H and O–H groups in total. The average Bonchev–Trinajstić information content (AvgIpc) is 3.57. The van der Waals surface area contributed by atoms with Crippen LogP contribution in [0.2, 0.25) is 10.0 Å². The van der Waals surface area contributed by atoms with Gasteiger partial charge in [-0.25, -0.2) is 0 Å². The van der Waals surface area contributed by atoms with E-state index in [0.29, 0.717) is 0 Å². The van der Waals surface area contributed by atoms with Crippen LogP contribution in [-0.4, -0.2) is 25.0 Å². The molecule has 0 amide bonds. The largest absolute Gasteiger partial charge is 0.374 e. The maximum absolute atomic E-state index is 6.29. The van der Waals surface area contributed by atoms with Crippen LogP contribution < -0.4 is 9.47 Å². The highest BCUT2D eigenvalue weighted by molar-refractivity contribution is 8.03. The van der Waals surface area contributed by atoms with Gasteiger partial charge < -0.3 is 9.80 Å². The number of hydrogen-bond donors (Lipinski definition) is 0. The molecule has 1 aliphatic carbocycles. The van der Waals surface area contributed by atoms with Crippen LogP contribution in [0.5, 0.6) is 0 Å². The van der Waals surface area contributed by atoms with E-state index in [1.165, 1.54) is 47.7 Å². The Hall–Kier alpha value is -2.18. The first-order valence-corrected chi connectivity index (χ1v) is 15.2. The summed E-state index contributed by atoms with van der Waals surface area (Å²) in [5.41, 5.74) is 6.56. The van der Waals surface area contributed by atoms with Gasteiger partial charge in [-0.05, 0) is 87.2 Å². The molecule has 0 atom stereocenters. The van der Waals surface area contributed by atoms with E-state index in [9.17, 15) is 0 Å². The lowest BCUT2D eigenvalue weighted by molar-refractivity contribution is -0.665. The molecule has 1 aliphatic heterocycles. The van der Waals surface area contributed by atoms with Crippen LogP contribution >= 0.6 is 46.3 Å². The molecule has 1 aromatic heterocycles. The van der Waals surface area contributed by atoms with E-state index < -0.39 is 0 Å². The Balaban J connectivity index is 1.48. The number of allylic oxidation sites excluding steroid dienone is 5. The van der Waals surface area contributed by atoms with E-state index in [-0.39, 0.29) is 0 Å². The fourth-order valence-electron chi connectivity index (χ4n) is 5.08. The molecule has 0 fully saturated rings. The van der Waals surface area contributed by atoms with Gasteiger partial charge in [0.25, 0.3) is 5.01 Å². The molecule has 3 nitrogen and oxygen atoms in total. The van der Waals surface area contributed by atoms with Crippen LogP contribution in [0.4, 0.5) is 5.69 Å². The SMILES string of the molecule is CCN(C)C1=C(/C=C/c2sc3ccc(Cl)cc3[n+]2CC)CC/C1=C\C=C1\Sc2ccc(Cl)cc2N1CC. The maximum Gasteiger partial charge on any atom is 0.262 e. The number of aryl methyl sites for hydroxylation is 1. The second-order valence-electron chi connectivity index (χ2n) is 9.17. The van der Waals surface area contributed by atoms with Gasteiger partial charge >= 0.3 is 0 Å². The Kier molecular flexibility index (Phi) is 8.06. The van der Waals surface area contributed by atoms with Gasteiger partial charge in [0.15, 0.2) is 0 Å². The van der Waals surface area contributed by atoms with Crippen LogP contribution in [0.15, 0.2) is 81.4 Å². The lowest BCUT2D eigenvalue weighted by Gasteiger charge is -2.21. The highest BCUT2D eigenvalue weighted by atomic mass is 35.5. The fraction of sp³-hybridized carbons (Fsp3) is 0.300. The number of rotatable bonds is 7. The topological polar surface area (TPSA) is 10.4 Å². The number of nitrogens with zero attached hydrogens (tertiary/aromatic N) is 3. The van der Waals surface area contributed by atoms with Gasteiger partial charge in [0.2, 0.25) is 5.52 Å². The zero-order valence-electron chi connectivity index (χ0n) is 21.7. The van der Waals surface area contributed by atoms with Gasteiger partial charge in [0.1, 0.15) is 11.2 Å². The standard InChI is InChI=1S/C30H32Cl2N3S2/c1-5-33(4)30-20(10-16-28-34(6-2)24-18-22(31)12-14-26(24)36-28)8-9-21(30)11-17-29-35(7-3)25-19-23(32)13-15-27(25)37-29/h10-19H,5-9H2,1-4H3/q+1. The molecule has 2 heterocycles. The molecule has 0 spiro atoms. The molecule has 192 valence electrons. The van der Waals surface area contributed by atoms with Crippen molar-refractivity contribution >= 4 is 68.3 Å². The Morgan fingerprint density at radius 1 is 1.00 bits per heavy atom. The maximum atomic E-state index is 6.29. The molecule has 2 aromatic carbocycles. The van der Waals surface area contributed by atoms with Gasteiger partial charge in [-0.3, -0.25) is 0 Å². The second-order valence-corrected chi connectivity index (χ2v) is 12.2. The normalized spacial score (nSPS) is 17.8. The predicted molar refractivity (Wildman–Crippen MR) is 163 cm³/mol. The van der Waals surface area contributed by atoms with Crippen molar-refractivity contribution in [1.29, 1.82) is 0 Å². The van der Waals surface area contributed by atoms with E-state index in [1.54, 1.807) is 0 Å². The van der Waals surface area contributed by atoms with Crippen molar-refractivity contribution in [2.45, 2.75) is 45.1 Å². The first kappa shape index (κ1) is 26.4. The average molecular weight is 570 g/mol. The molecule has 0 unspecified atom stereocenters. The van der Waals surface area contributed by atoms with E-state index in [4.69, 9.17) is 23.2 Å². The molecule has 0 saturated carbocycles. The number of benzene rings is 2. The Bertz CT molecular complexity index is 1460. The number of thioether (sulfide) groups is 1. The zero-order valence-corrected chi connectivity index (χ0v) is 24.9. The summed E-state index contributed by atoms with van der Waals surface area (Å²) in [6.45, 7) is 9.40. The molecule has 37 heavy (non-hydrogen) atoms. The Morgan fingerprint density at radius 3 is 2.54 bits per heavy atom. The second kappa shape index (κ2) is 11.3. The third-order valence-corrected chi connectivity index (χ3v) is 9.73. The zero-order chi connectivity index (χ0) is 26.1. The van der Waals surface area contributed by atoms with Crippen molar-refractivity contribution in [3.63, 3.8) is 0 Å². The van der Waals surface area contributed by atoms with E-state index in [1.807, 2.05) is 35.2 Å². The summed E-state index contributed by atoms with van der Waals surface area (Å²) in [6, 6.07) is 12.3. The minimum absolute atomic E-state index is 0.783. The summed E-state index contributed by atoms with van der Waals surface area (Å²) < 4.78 is 3.62. The Labute approximate surface area is 238 Å². The lowest BCUT2D eigenvalue weighted by Crippen LogP contribution is -2.33. The number of hydrogen-bond acceptors (Lipinski definition) is 4. The molecule has 5 rings (SSSR count). The van der Waals surface area contributed by atoms with E-state index in [0.717, 1.165) is 42.5 Å². The molecule has 2 aliphatic rings. The van der Waals surface area contributed by atoms with Crippen LogP contribution in [-0.2, 0) is 6.54 Å². The smallest absolute Gasteiger partial charge is 0.262 e. The van der Waals surface area contributed by atoms with Crippen LogP contribution in [0.3, 0.4) is 0 Å². The first-order chi connectivity index (χ1) is 17.9. The van der Waals surface area contributed by atoms with Gasteiger partial charge in [-0.2, -0.15) is 4.57 Å². The summed E-state index contributed by atoms with van der Waals surface area (Å²) >= 11 is 16.2. The summed E-state index contributed by atoms with van der Waals surface area (Å²) in [6.07, 6.45) is 11.3. The number of halogens is 2. The summed E-state index contributed by atoms with van der Waals surface area (Å²) in [5, 5.41) is 4.07. The first-order valence-electron chi connectivity index (χ1n) is 12.8. The van der Waals surface area contributed by atoms with E-state index >= 15 is 0 Å². The molecule has 0 radical (unpaired) electrons. The number of thiazole rings is 1. The van der Waals surface area contributed by atoms with E-state index in [2.05, 4.69) is 90.8 Å². The lowest BCUT2D eigenvalue weighted by atomic mass is 10.1. The molecule has 0 bridgehead atoms. The summed E-state index contributed by atoms with van der Waals surface area (Å²) in [5.74, 6) is 0. The minimum Gasteiger partial charge on any atom is -0.374 e. The summed E-state index contributed by atoms with van der Waals surface area (Å²) in [4.78, 5) is 5.99. The van der Waals surface area contributed by atoms with Crippen molar-refractivity contribution < 1.29 is 4.57 Å². The highest BCUT2D eigenvalue weighted by Gasteiger charge is 2.25. The predicted octanol–water partition coefficient (Wildman–Crippen LogP) is 8.93. The third-order valence-electron chi connectivity index (χ3n) is 7.00. The van der Waals surface area contributed by atoms with Gasteiger partial charge in [-0.1, -0.05) is 52.4 Å². The number of aromatic nitrogens is 1. The highest BCUT2D eigenvalue weighted by Crippen LogP contribution is 2.47. The van der Waals surface area contributed by atoms with Crippen LogP contribution in [0.25, 0.3) is 16.3 Å². The number of anilines is 1. The Morgan fingerprint density at radius 2 is 1.78 bits per heavy atom. The molecule has 7 heteroatoms. The fourth-order valence-corrected chi connectivity index (χ4v) is 7.63. The molecule has 0 saturated heterocycles. The van der Waals surface area contributed by atoms with Crippen molar-refractivity contribution in [1.82, 2.24) is 4.90 Å². The van der Waals surface area contributed by atoms with Crippen molar-refractivity contribution in [2.24, 2.45) is 0 Å². The molecular formula is C30H32Cl2N3S2+. The van der Waals surface area contributed by atoms with Crippen LogP contribution in [0.1, 0.15) is 38.6 Å². The number of likely N-dealkylation sites (N-methyl/N-ethyl adjacent to an activating group) is 1. The molecule has 3 aromatic rings. The quantitative estimate of drug-likeness (QED) is 0.263. The number of fused-ring (bicyclic) bond motifs is 2. The van der Waals surface area contributed by atoms with Gasteiger partial charge in [-0.15, -0.1) is 0 Å². The van der Waals surface area contributed by atoms with Crippen LogP contribution in [0, 0.1) is 0 Å². The van der Waals surface area contributed by atoms with Gasteiger partial charge in [0.05, 0.1) is 10.7 Å². The van der Waals surface area contributed by atoms with Gasteiger partial charge in [0, 0.05) is 52.9 Å².